The molecule has 198 valence electrons. The van der Waals surface area contributed by atoms with Gasteiger partial charge in [-0.25, -0.2) is 9.97 Å². The van der Waals surface area contributed by atoms with Crippen LogP contribution in [0.2, 0.25) is 0 Å². The first-order valence-electron chi connectivity index (χ1n) is 11.7. The van der Waals surface area contributed by atoms with Crippen LogP contribution >= 0.6 is 0 Å². The molecule has 2 heterocycles. The van der Waals surface area contributed by atoms with E-state index in [0.717, 1.165) is 12.1 Å². The maximum absolute atomic E-state index is 15.3. The highest BCUT2D eigenvalue weighted by atomic mass is 19.4. The number of nitrogens with one attached hydrogen (secondary N) is 1. The molecule has 1 aromatic carbocycles. The number of aliphatic hydroxyl groups excluding tert-OH is 1. The number of alkyl halides is 3. The summed E-state index contributed by atoms with van der Waals surface area (Å²) in [6.45, 7) is 6.80. The van der Waals surface area contributed by atoms with E-state index in [0.29, 0.717) is 25.1 Å². The topological polar surface area (TPSA) is 108 Å². The number of benzene rings is 1. The number of halogens is 4. The van der Waals surface area contributed by atoms with Gasteiger partial charge in [-0.3, -0.25) is 9.69 Å². The van der Waals surface area contributed by atoms with Crippen LogP contribution in [0.25, 0.3) is 0 Å². The molecule has 1 aromatic heterocycles. The van der Waals surface area contributed by atoms with E-state index in [1.54, 1.807) is 25.7 Å². The van der Waals surface area contributed by atoms with Crippen molar-refractivity contribution >= 4 is 17.5 Å². The number of anilines is 2. The van der Waals surface area contributed by atoms with Crippen molar-refractivity contribution in [3.63, 3.8) is 0 Å². The summed E-state index contributed by atoms with van der Waals surface area (Å²) < 4.78 is 53.8. The van der Waals surface area contributed by atoms with Crippen molar-refractivity contribution in [2.24, 2.45) is 11.7 Å². The monoisotopic (exact) mass is 512 g/mol. The van der Waals surface area contributed by atoms with E-state index in [9.17, 15) is 23.1 Å². The largest absolute Gasteiger partial charge is 0.416 e. The molecule has 1 saturated heterocycles. The lowest BCUT2D eigenvalue weighted by Crippen LogP contribution is -2.59. The number of piperidine rings is 1. The third kappa shape index (κ3) is 6.22. The number of hydrogen-bond donors (Lipinski definition) is 3. The molecular formula is C24H32F4N6O2. The second-order valence-corrected chi connectivity index (χ2v) is 9.44. The summed E-state index contributed by atoms with van der Waals surface area (Å²) in [7, 11) is 0. The lowest BCUT2D eigenvalue weighted by Gasteiger charge is -2.43. The van der Waals surface area contributed by atoms with Crippen LogP contribution in [-0.2, 0) is 17.5 Å². The number of rotatable bonds is 9. The second-order valence-electron chi connectivity index (χ2n) is 9.44. The van der Waals surface area contributed by atoms with E-state index < -0.39 is 35.1 Å². The Hall–Kier alpha value is -2.99. The summed E-state index contributed by atoms with van der Waals surface area (Å²) in [5, 5.41) is 13.6. The number of primary amides is 1. The van der Waals surface area contributed by atoms with Gasteiger partial charge >= 0.3 is 6.18 Å². The molecule has 0 saturated carbocycles. The number of nitrogens with zero attached hydrogens (tertiary/aromatic N) is 4. The average molecular weight is 513 g/mol. The number of amides is 1. The zero-order chi connectivity index (χ0) is 26.7. The molecule has 0 bridgehead atoms. The molecule has 0 spiro atoms. The minimum absolute atomic E-state index is 0.0217. The summed E-state index contributed by atoms with van der Waals surface area (Å²) in [6, 6.07) is 4.70. The fourth-order valence-electron chi connectivity index (χ4n) is 4.17. The molecule has 0 radical (unpaired) electrons. The van der Waals surface area contributed by atoms with Gasteiger partial charge in [0.1, 0.15) is 6.33 Å². The van der Waals surface area contributed by atoms with Crippen LogP contribution in [0, 0.1) is 11.7 Å². The average Bonchev–Trinajstić information content (AvgIpc) is 2.82. The third-order valence-electron chi connectivity index (χ3n) is 6.75. The molecule has 3 rings (SSSR count). The summed E-state index contributed by atoms with van der Waals surface area (Å²) in [5.41, 5.74) is 4.42. The Kier molecular flexibility index (Phi) is 8.40. The molecule has 0 aliphatic carbocycles. The van der Waals surface area contributed by atoms with Crippen LogP contribution in [0.5, 0.6) is 0 Å². The Morgan fingerprint density at radius 2 is 1.92 bits per heavy atom. The van der Waals surface area contributed by atoms with Crippen LogP contribution in [0.4, 0.5) is 29.2 Å². The molecule has 36 heavy (non-hydrogen) atoms. The van der Waals surface area contributed by atoms with Crippen molar-refractivity contribution < 1.29 is 27.5 Å². The number of nitrogens with two attached hydrogens (primary N) is 1. The van der Waals surface area contributed by atoms with Gasteiger partial charge < -0.3 is 21.1 Å². The van der Waals surface area contributed by atoms with Gasteiger partial charge in [-0.05, 0) is 51.4 Å². The van der Waals surface area contributed by atoms with Gasteiger partial charge in [0.25, 0.3) is 0 Å². The van der Waals surface area contributed by atoms with Crippen molar-refractivity contribution in [1.29, 1.82) is 0 Å². The summed E-state index contributed by atoms with van der Waals surface area (Å²) >= 11 is 0. The lowest BCUT2D eigenvalue weighted by molar-refractivity contribution is -0.137. The van der Waals surface area contributed by atoms with E-state index in [4.69, 9.17) is 5.73 Å². The highest BCUT2D eigenvalue weighted by molar-refractivity contribution is 5.83. The van der Waals surface area contributed by atoms with E-state index in [1.165, 1.54) is 18.5 Å². The number of aromatic nitrogens is 2. The van der Waals surface area contributed by atoms with Gasteiger partial charge in [-0.2, -0.15) is 17.6 Å². The number of carbonyl (C=O) groups excluding carboxylic acids is 1. The van der Waals surface area contributed by atoms with Crippen molar-refractivity contribution in [3.05, 3.63) is 47.5 Å². The minimum Gasteiger partial charge on any atom is -0.391 e. The third-order valence-corrected chi connectivity index (χ3v) is 6.75. The van der Waals surface area contributed by atoms with Crippen molar-refractivity contribution in [3.8, 4) is 0 Å². The predicted molar refractivity (Wildman–Crippen MR) is 128 cm³/mol. The van der Waals surface area contributed by atoms with Gasteiger partial charge in [-0.1, -0.05) is 12.1 Å². The SMILES string of the molecule is CCN(Cc1ccc(C(F)(F)F)cc1)c1ncnc(NCC2CCN(C(C)(C)C(N)=O)C[C@H]2O)c1F. The van der Waals surface area contributed by atoms with Gasteiger partial charge in [0.2, 0.25) is 11.7 Å². The quantitative estimate of drug-likeness (QED) is 0.444. The van der Waals surface area contributed by atoms with E-state index in [1.807, 2.05) is 4.90 Å². The Balaban J connectivity index is 1.66. The number of hydrogen-bond acceptors (Lipinski definition) is 7. The van der Waals surface area contributed by atoms with Crippen LogP contribution in [0.3, 0.4) is 0 Å². The van der Waals surface area contributed by atoms with Crippen LogP contribution in [0.1, 0.15) is 38.3 Å². The fraction of sp³-hybridized carbons (Fsp3) is 0.542. The first kappa shape index (κ1) is 27.6. The second kappa shape index (κ2) is 11.0. The number of β-amino-alcohol motifs (C(OH)–C–C–N with tert-alkyl or cyclic N) is 1. The number of likely N-dealkylation sites (tertiary alicyclic amines) is 1. The van der Waals surface area contributed by atoms with Crippen LogP contribution in [0.15, 0.2) is 30.6 Å². The molecule has 1 amide bonds. The van der Waals surface area contributed by atoms with Crippen molar-refractivity contribution in [2.45, 2.75) is 51.6 Å². The molecule has 1 fully saturated rings. The Morgan fingerprint density at radius 1 is 1.25 bits per heavy atom. The molecule has 2 aromatic rings. The Bertz CT molecular complexity index is 1050. The summed E-state index contributed by atoms with van der Waals surface area (Å²) in [5.74, 6) is -1.37. The van der Waals surface area contributed by atoms with E-state index in [-0.39, 0.29) is 37.2 Å². The van der Waals surface area contributed by atoms with Gasteiger partial charge in [0.05, 0.1) is 17.2 Å². The number of aliphatic hydroxyl groups is 1. The van der Waals surface area contributed by atoms with Crippen molar-refractivity contribution in [1.82, 2.24) is 14.9 Å². The molecular weight excluding hydrogens is 480 g/mol. The molecule has 1 aliphatic rings. The Labute approximate surface area is 207 Å². The predicted octanol–water partition coefficient (Wildman–Crippen LogP) is 3.02. The van der Waals surface area contributed by atoms with Crippen LogP contribution < -0.4 is 16.0 Å². The highest BCUT2D eigenvalue weighted by Crippen LogP contribution is 2.30. The van der Waals surface area contributed by atoms with E-state index in [2.05, 4.69) is 15.3 Å². The standard InChI is InChI=1S/C24H32F4N6O2/c1-4-33(12-15-5-7-17(8-6-15)24(26,27)28)21-19(25)20(31-14-32-21)30-11-16-9-10-34(13-18(16)35)23(2,3)22(29)36/h5-8,14,16,18,35H,4,9-13H2,1-3H3,(H2,29,36)(H,30,31,32)/t16?,18-/m1/s1. The van der Waals surface area contributed by atoms with Crippen molar-refractivity contribution in [2.75, 3.05) is 36.4 Å². The van der Waals surface area contributed by atoms with Crippen LogP contribution in [-0.4, -0.2) is 63.7 Å². The molecule has 12 heteroatoms. The maximum Gasteiger partial charge on any atom is 0.416 e. The van der Waals surface area contributed by atoms with Gasteiger partial charge in [0.15, 0.2) is 11.6 Å². The zero-order valence-electron chi connectivity index (χ0n) is 20.5. The first-order valence-corrected chi connectivity index (χ1v) is 11.7. The normalized spacial score (nSPS) is 19.2. The highest BCUT2D eigenvalue weighted by Gasteiger charge is 2.38. The minimum atomic E-state index is -4.43. The van der Waals surface area contributed by atoms with E-state index >= 15 is 4.39 Å². The molecule has 8 nitrogen and oxygen atoms in total. The summed E-state index contributed by atoms with van der Waals surface area (Å²) in [6.07, 6.45) is -3.39. The lowest BCUT2D eigenvalue weighted by atomic mass is 9.89. The summed E-state index contributed by atoms with van der Waals surface area (Å²) in [4.78, 5) is 23.2. The van der Waals surface area contributed by atoms with Gasteiger partial charge in [-0.15, -0.1) is 0 Å². The Morgan fingerprint density at radius 3 is 2.47 bits per heavy atom. The van der Waals surface area contributed by atoms with Gasteiger partial charge in [0, 0.05) is 32.1 Å². The fourth-order valence-corrected chi connectivity index (χ4v) is 4.17. The smallest absolute Gasteiger partial charge is 0.391 e. The number of carbonyl (C=O) groups is 1. The molecule has 1 aliphatic heterocycles. The maximum atomic E-state index is 15.3. The molecule has 2 atom stereocenters. The first-order chi connectivity index (χ1) is 16.8. The zero-order valence-corrected chi connectivity index (χ0v) is 20.5. The molecule has 1 unspecified atom stereocenters. The molecule has 4 N–H and O–H groups in total.